The van der Waals surface area contributed by atoms with Gasteiger partial charge in [-0.05, 0) is 41.1 Å². The highest BCUT2D eigenvalue weighted by Crippen LogP contribution is 2.26. The average Bonchev–Trinajstić information content (AvgIpc) is 3.00. The molecule has 2 aromatic rings. The van der Waals surface area contributed by atoms with Crippen LogP contribution in [0.25, 0.3) is 0 Å². The second-order valence-corrected chi connectivity index (χ2v) is 10.2. The molecule has 1 aromatic carbocycles. The molecule has 0 saturated heterocycles. The summed E-state index contributed by atoms with van der Waals surface area (Å²) in [7, 11) is -6.86. The summed E-state index contributed by atoms with van der Waals surface area (Å²) in [6.07, 6.45) is 1.81. The molecule has 0 atom stereocenters. The van der Waals surface area contributed by atoms with E-state index >= 15 is 0 Å². The monoisotopic (exact) mass is 372 g/mol. The van der Waals surface area contributed by atoms with Gasteiger partial charge < -0.3 is 0 Å². The van der Waals surface area contributed by atoms with Crippen molar-refractivity contribution in [1.29, 1.82) is 0 Å². The van der Waals surface area contributed by atoms with Crippen molar-refractivity contribution in [3.8, 4) is 0 Å². The zero-order chi connectivity index (χ0) is 16.7. The molecule has 1 aromatic heterocycles. The zero-order valence-corrected chi connectivity index (χ0v) is 14.8. The number of hydrogen-bond acceptors (Lipinski definition) is 5. The Morgan fingerprint density at radius 1 is 1.13 bits per heavy atom. The summed E-state index contributed by atoms with van der Waals surface area (Å²) >= 11 is 1.14. The van der Waals surface area contributed by atoms with Crippen molar-refractivity contribution in [3.05, 3.63) is 46.8 Å². The second-order valence-electron chi connectivity index (χ2n) is 5.37. The Hall–Kier alpha value is -1.42. The van der Waals surface area contributed by atoms with E-state index in [1.165, 1.54) is 16.6 Å². The number of thiophene rings is 1. The molecule has 0 spiro atoms. The Kier molecular flexibility index (Phi) is 4.21. The number of anilines is 1. The van der Waals surface area contributed by atoms with Gasteiger partial charge in [0, 0.05) is 18.8 Å². The van der Waals surface area contributed by atoms with Gasteiger partial charge in [-0.2, -0.15) is 4.31 Å². The predicted molar refractivity (Wildman–Crippen MR) is 90.5 cm³/mol. The molecule has 6 nitrogen and oxygen atoms in total. The lowest BCUT2D eigenvalue weighted by atomic mass is 10.0. The number of nitrogens with one attached hydrogen (secondary N) is 1. The number of hydrogen-bond donors (Lipinski definition) is 1. The molecule has 1 N–H and O–H groups in total. The maximum atomic E-state index is 12.2. The van der Waals surface area contributed by atoms with E-state index in [0.29, 0.717) is 18.7 Å². The number of fused-ring (bicyclic) bond motifs is 1. The number of rotatable bonds is 4. The van der Waals surface area contributed by atoms with Gasteiger partial charge in [-0.1, -0.05) is 12.1 Å². The molecule has 0 amide bonds. The van der Waals surface area contributed by atoms with Crippen LogP contribution in [0, 0.1) is 0 Å². The maximum absolute atomic E-state index is 12.2. The molecule has 0 bridgehead atoms. The quantitative estimate of drug-likeness (QED) is 0.888. The molecule has 0 radical (unpaired) electrons. The van der Waals surface area contributed by atoms with Gasteiger partial charge in [0.05, 0.1) is 6.26 Å². The molecule has 0 aliphatic carbocycles. The van der Waals surface area contributed by atoms with Crippen molar-refractivity contribution in [1.82, 2.24) is 4.31 Å². The SMILES string of the molecule is CS(=O)(=O)N1CCc2ccc(NS(=O)(=O)c3cccs3)cc2C1. The zero-order valence-electron chi connectivity index (χ0n) is 12.4. The van der Waals surface area contributed by atoms with Crippen LogP contribution in [0.5, 0.6) is 0 Å². The molecule has 0 saturated carbocycles. The molecule has 1 aliphatic rings. The lowest BCUT2D eigenvalue weighted by Crippen LogP contribution is -2.35. The van der Waals surface area contributed by atoms with Gasteiger partial charge >= 0.3 is 0 Å². The van der Waals surface area contributed by atoms with E-state index in [0.717, 1.165) is 22.5 Å². The fourth-order valence-electron chi connectivity index (χ4n) is 2.50. The van der Waals surface area contributed by atoms with Gasteiger partial charge in [-0.25, -0.2) is 16.8 Å². The van der Waals surface area contributed by atoms with E-state index in [2.05, 4.69) is 4.72 Å². The minimum Gasteiger partial charge on any atom is -0.279 e. The smallest absolute Gasteiger partial charge is 0.271 e. The van der Waals surface area contributed by atoms with Gasteiger partial charge in [0.25, 0.3) is 10.0 Å². The molecular formula is C14H16N2O4S3. The minimum atomic E-state index is -3.60. The number of sulfonamides is 2. The Balaban J connectivity index is 1.87. The van der Waals surface area contributed by atoms with Crippen molar-refractivity contribution in [2.45, 2.75) is 17.2 Å². The summed E-state index contributed by atoms with van der Waals surface area (Å²) in [6.45, 7) is 0.717. The highest BCUT2D eigenvalue weighted by molar-refractivity contribution is 7.94. The van der Waals surface area contributed by atoms with Gasteiger partial charge in [0.1, 0.15) is 4.21 Å². The summed E-state index contributed by atoms with van der Waals surface area (Å²) < 4.78 is 52.0. The molecule has 0 unspecified atom stereocenters. The van der Waals surface area contributed by atoms with Crippen LogP contribution in [0.3, 0.4) is 0 Å². The van der Waals surface area contributed by atoms with Crippen molar-refractivity contribution >= 4 is 37.1 Å². The van der Waals surface area contributed by atoms with Crippen LogP contribution in [-0.2, 0) is 33.0 Å². The summed E-state index contributed by atoms with van der Waals surface area (Å²) in [4.78, 5) is 0. The lowest BCUT2D eigenvalue weighted by molar-refractivity contribution is 0.395. The first-order valence-corrected chi connectivity index (χ1v) is 11.1. The predicted octanol–water partition coefficient (Wildman–Crippen LogP) is 1.87. The van der Waals surface area contributed by atoms with Crippen molar-refractivity contribution < 1.29 is 16.8 Å². The van der Waals surface area contributed by atoms with E-state index in [1.807, 2.05) is 6.07 Å². The van der Waals surface area contributed by atoms with Gasteiger partial charge in [-0.3, -0.25) is 4.72 Å². The van der Waals surface area contributed by atoms with E-state index in [9.17, 15) is 16.8 Å². The van der Waals surface area contributed by atoms with Crippen LogP contribution in [0.2, 0.25) is 0 Å². The second kappa shape index (κ2) is 5.90. The van der Waals surface area contributed by atoms with Gasteiger partial charge in [0.15, 0.2) is 0 Å². The van der Waals surface area contributed by atoms with Crippen molar-refractivity contribution in [3.63, 3.8) is 0 Å². The average molecular weight is 372 g/mol. The van der Waals surface area contributed by atoms with Crippen LogP contribution in [0.15, 0.2) is 39.9 Å². The van der Waals surface area contributed by atoms with Crippen LogP contribution in [0.4, 0.5) is 5.69 Å². The van der Waals surface area contributed by atoms with E-state index in [1.54, 1.807) is 23.6 Å². The molecule has 1 aliphatic heterocycles. The van der Waals surface area contributed by atoms with E-state index in [-0.39, 0.29) is 10.8 Å². The van der Waals surface area contributed by atoms with Crippen molar-refractivity contribution in [2.75, 3.05) is 17.5 Å². The highest BCUT2D eigenvalue weighted by atomic mass is 32.2. The molecule has 124 valence electrons. The van der Waals surface area contributed by atoms with E-state index in [4.69, 9.17) is 0 Å². The Labute approximate surface area is 139 Å². The normalized spacial score (nSPS) is 16.0. The first-order valence-electron chi connectivity index (χ1n) is 6.89. The van der Waals surface area contributed by atoms with Crippen molar-refractivity contribution in [2.24, 2.45) is 0 Å². The molecule has 9 heteroatoms. The van der Waals surface area contributed by atoms with E-state index < -0.39 is 20.0 Å². The largest absolute Gasteiger partial charge is 0.279 e. The highest BCUT2D eigenvalue weighted by Gasteiger charge is 2.24. The number of benzene rings is 1. The van der Waals surface area contributed by atoms with Crippen LogP contribution >= 0.6 is 11.3 Å². The fourth-order valence-corrected chi connectivity index (χ4v) is 5.34. The topological polar surface area (TPSA) is 83.6 Å². The minimum absolute atomic E-state index is 0.244. The first kappa shape index (κ1) is 16.4. The summed E-state index contributed by atoms with van der Waals surface area (Å²) in [5.41, 5.74) is 2.31. The fraction of sp³-hybridized carbons (Fsp3) is 0.286. The third-order valence-corrected chi connectivity index (χ3v) is 7.69. The number of nitrogens with zero attached hydrogens (tertiary/aromatic N) is 1. The molecule has 0 fully saturated rings. The van der Waals surface area contributed by atoms with Crippen LogP contribution in [0.1, 0.15) is 11.1 Å². The Morgan fingerprint density at radius 3 is 2.57 bits per heavy atom. The molecular weight excluding hydrogens is 356 g/mol. The van der Waals surface area contributed by atoms with Gasteiger partial charge in [-0.15, -0.1) is 11.3 Å². The third kappa shape index (κ3) is 3.57. The lowest BCUT2D eigenvalue weighted by Gasteiger charge is -2.27. The molecule has 3 rings (SSSR count). The summed E-state index contributed by atoms with van der Waals surface area (Å²) in [5.74, 6) is 0. The van der Waals surface area contributed by atoms with Gasteiger partial charge in [0.2, 0.25) is 10.0 Å². The Bertz CT molecular complexity index is 919. The van der Waals surface area contributed by atoms with Crippen LogP contribution < -0.4 is 4.72 Å². The Morgan fingerprint density at radius 2 is 1.91 bits per heavy atom. The van der Waals surface area contributed by atoms with Crippen LogP contribution in [-0.4, -0.2) is 33.9 Å². The molecule has 2 heterocycles. The maximum Gasteiger partial charge on any atom is 0.271 e. The first-order chi connectivity index (χ1) is 10.8. The summed E-state index contributed by atoms with van der Waals surface area (Å²) in [6, 6.07) is 8.48. The third-order valence-electron chi connectivity index (χ3n) is 3.66. The summed E-state index contributed by atoms with van der Waals surface area (Å²) in [5, 5.41) is 1.70. The standard InChI is InChI=1S/C14H16N2O4S3/c1-22(17,18)16-7-6-11-4-5-13(9-12(11)10-16)15-23(19,20)14-3-2-8-21-14/h2-5,8-9,15H,6-7,10H2,1H3. The molecule has 23 heavy (non-hydrogen) atoms.